The Balaban J connectivity index is 5.41. The van der Waals surface area contributed by atoms with Gasteiger partial charge in [-0.2, -0.15) is 8.42 Å². The molecule has 0 saturated heterocycles. The van der Waals surface area contributed by atoms with E-state index >= 15 is 0 Å². The first kappa shape index (κ1) is 15.6. The Bertz CT molecular complexity index is 454. The van der Waals surface area contributed by atoms with Gasteiger partial charge in [0.05, 0.1) is 0 Å². The summed E-state index contributed by atoms with van der Waals surface area (Å²) in [6.45, 7) is 6.63. The molecule has 0 spiro atoms. The van der Waals surface area contributed by atoms with Gasteiger partial charge < -0.3 is 10.4 Å². The van der Waals surface area contributed by atoms with Crippen LogP contribution in [-0.2, 0) is 19.7 Å². The van der Waals surface area contributed by atoms with Crippen molar-refractivity contribution in [2.75, 3.05) is 0 Å². The zero-order valence-corrected chi connectivity index (χ0v) is 10.5. The third kappa shape index (κ3) is 3.53. The van der Waals surface area contributed by atoms with E-state index in [1.54, 1.807) is 0 Å². The number of carbonyl (C=O) groups excluding carboxylic acids is 1. The van der Waals surface area contributed by atoms with Crippen LogP contribution in [0.4, 0.5) is 0 Å². The summed E-state index contributed by atoms with van der Waals surface area (Å²) in [6.07, 6.45) is 0. The van der Waals surface area contributed by atoms with Gasteiger partial charge in [-0.3, -0.25) is 9.35 Å². The lowest BCUT2D eigenvalue weighted by Crippen LogP contribution is -2.61. The van der Waals surface area contributed by atoms with E-state index in [4.69, 9.17) is 9.66 Å². The summed E-state index contributed by atoms with van der Waals surface area (Å²) >= 11 is 0. The molecule has 0 aromatic heterocycles. The van der Waals surface area contributed by atoms with Gasteiger partial charge in [0.1, 0.15) is 5.25 Å². The van der Waals surface area contributed by atoms with E-state index in [2.05, 4.69) is 6.58 Å². The minimum absolute atomic E-state index is 0.0278. The van der Waals surface area contributed by atoms with Crippen molar-refractivity contribution in [3.05, 3.63) is 12.2 Å². The molecular formula is C9H15NO6S. The van der Waals surface area contributed by atoms with Crippen molar-refractivity contribution in [1.29, 1.82) is 0 Å². The van der Waals surface area contributed by atoms with E-state index < -0.39 is 32.8 Å². The van der Waals surface area contributed by atoms with Crippen molar-refractivity contribution in [3.8, 4) is 0 Å². The zero-order valence-electron chi connectivity index (χ0n) is 9.72. The maximum Gasteiger partial charge on any atom is 0.330 e. The highest BCUT2D eigenvalue weighted by Crippen LogP contribution is 2.18. The van der Waals surface area contributed by atoms with Gasteiger partial charge in [-0.25, -0.2) is 4.79 Å². The molecule has 3 N–H and O–H groups in total. The third-order valence-electron chi connectivity index (χ3n) is 2.46. The van der Waals surface area contributed by atoms with Crippen LogP contribution in [0.2, 0.25) is 0 Å². The predicted molar refractivity (Wildman–Crippen MR) is 60.0 cm³/mol. The van der Waals surface area contributed by atoms with Crippen molar-refractivity contribution < 1.29 is 27.7 Å². The minimum atomic E-state index is -4.60. The van der Waals surface area contributed by atoms with Gasteiger partial charge in [0.15, 0.2) is 5.54 Å². The van der Waals surface area contributed by atoms with E-state index in [1.165, 1.54) is 6.92 Å². The first-order valence-corrected chi connectivity index (χ1v) is 6.11. The van der Waals surface area contributed by atoms with Gasteiger partial charge >= 0.3 is 5.97 Å². The molecule has 7 nitrogen and oxygen atoms in total. The molecule has 2 unspecified atom stereocenters. The average molecular weight is 265 g/mol. The van der Waals surface area contributed by atoms with E-state index in [-0.39, 0.29) is 5.57 Å². The van der Waals surface area contributed by atoms with Crippen LogP contribution < -0.4 is 5.32 Å². The Morgan fingerprint density at radius 3 is 2.06 bits per heavy atom. The summed E-state index contributed by atoms with van der Waals surface area (Å²) in [6, 6.07) is 0. The lowest BCUT2D eigenvalue weighted by atomic mass is 9.98. The average Bonchev–Trinajstić information content (AvgIpc) is 2.14. The molecule has 0 saturated carbocycles. The van der Waals surface area contributed by atoms with E-state index in [1.807, 2.05) is 5.32 Å². The van der Waals surface area contributed by atoms with Crippen molar-refractivity contribution in [1.82, 2.24) is 5.32 Å². The van der Waals surface area contributed by atoms with Crippen molar-refractivity contribution in [2.45, 2.75) is 31.6 Å². The van der Waals surface area contributed by atoms with Gasteiger partial charge in [-0.15, -0.1) is 0 Å². The number of nitrogens with one attached hydrogen (secondary N) is 1. The number of carboxylic acids is 1. The number of amides is 1. The van der Waals surface area contributed by atoms with E-state index in [9.17, 15) is 18.0 Å². The van der Waals surface area contributed by atoms with Crippen LogP contribution in [0.5, 0.6) is 0 Å². The fourth-order valence-corrected chi connectivity index (χ4v) is 1.72. The number of hydrogen-bond acceptors (Lipinski definition) is 4. The van der Waals surface area contributed by atoms with Crippen molar-refractivity contribution >= 4 is 22.0 Å². The van der Waals surface area contributed by atoms with Crippen LogP contribution in [0.25, 0.3) is 0 Å². The highest BCUT2D eigenvalue weighted by atomic mass is 32.2. The minimum Gasteiger partial charge on any atom is -0.479 e. The maximum atomic E-state index is 11.3. The lowest BCUT2D eigenvalue weighted by molar-refractivity contribution is -0.146. The second-order valence-electron chi connectivity index (χ2n) is 3.90. The number of hydrogen-bond donors (Lipinski definition) is 3. The molecule has 0 bridgehead atoms. The predicted octanol–water partition coefficient (Wildman–Crippen LogP) is -0.202. The summed E-state index contributed by atoms with van der Waals surface area (Å²) in [7, 11) is -4.60. The summed E-state index contributed by atoms with van der Waals surface area (Å²) < 4.78 is 30.8. The Morgan fingerprint density at radius 2 is 1.82 bits per heavy atom. The fourth-order valence-electron chi connectivity index (χ4n) is 0.969. The van der Waals surface area contributed by atoms with Gasteiger partial charge in [-0.1, -0.05) is 6.58 Å². The molecule has 0 rings (SSSR count). The number of aliphatic carboxylic acids is 1. The standard InChI is InChI=1S/C9H15NO6S/c1-5(2)7(11)10-9(4,8(12)13)6(3)17(14,15)16/h6H,1H2,2-4H3,(H,10,11)(H,12,13)(H,14,15,16). The smallest absolute Gasteiger partial charge is 0.330 e. The molecule has 0 aliphatic rings. The Kier molecular flexibility index (Phi) is 4.44. The molecule has 0 aliphatic heterocycles. The quantitative estimate of drug-likeness (QED) is 0.467. The second kappa shape index (κ2) is 4.84. The maximum absolute atomic E-state index is 11.3. The van der Waals surface area contributed by atoms with Gasteiger partial charge in [0.25, 0.3) is 10.1 Å². The molecule has 98 valence electrons. The molecule has 1 amide bonds. The van der Waals surface area contributed by atoms with Gasteiger partial charge in [0, 0.05) is 5.57 Å². The molecule has 0 heterocycles. The van der Waals surface area contributed by atoms with Crippen LogP contribution in [0.3, 0.4) is 0 Å². The number of rotatable bonds is 5. The molecular weight excluding hydrogens is 250 g/mol. The molecule has 8 heteroatoms. The van der Waals surface area contributed by atoms with Crippen molar-refractivity contribution in [2.24, 2.45) is 0 Å². The molecule has 0 fully saturated rings. The zero-order chi connectivity index (χ0) is 14.0. The molecule has 2 atom stereocenters. The number of carbonyl (C=O) groups is 2. The molecule has 17 heavy (non-hydrogen) atoms. The fraction of sp³-hybridized carbons (Fsp3) is 0.556. The summed E-state index contributed by atoms with van der Waals surface area (Å²) in [5.41, 5.74) is -2.11. The Morgan fingerprint density at radius 1 is 1.41 bits per heavy atom. The lowest BCUT2D eigenvalue weighted by Gasteiger charge is -2.30. The van der Waals surface area contributed by atoms with Crippen LogP contribution in [0.1, 0.15) is 20.8 Å². The Labute approximate surface area is 99.3 Å². The van der Waals surface area contributed by atoms with Crippen LogP contribution in [0.15, 0.2) is 12.2 Å². The van der Waals surface area contributed by atoms with Crippen LogP contribution in [-0.4, -0.2) is 40.7 Å². The molecule has 0 aromatic carbocycles. The number of carboxylic acid groups (broad SMARTS) is 1. The summed E-state index contributed by atoms with van der Waals surface area (Å²) in [4.78, 5) is 22.4. The summed E-state index contributed by atoms with van der Waals surface area (Å²) in [5.74, 6) is -2.37. The first-order chi connectivity index (χ1) is 7.43. The van der Waals surface area contributed by atoms with Gasteiger partial charge in [0.2, 0.25) is 5.91 Å². The molecule has 0 aromatic rings. The Hall–Kier alpha value is -1.41. The van der Waals surface area contributed by atoms with E-state index in [0.29, 0.717) is 0 Å². The first-order valence-electron chi connectivity index (χ1n) is 4.60. The largest absolute Gasteiger partial charge is 0.479 e. The monoisotopic (exact) mass is 265 g/mol. The topological polar surface area (TPSA) is 121 Å². The normalized spacial score (nSPS) is 16.7. The molecule has 0 radical (unpaired) electrons. The van der Waals surface area contributed by atoms with Crippen LogP contribution in [0, 0.1) is 0 Å². The highest BCUT2D eigenvalue weighted by Gasteiger charge is 2.46. The second-order valence-corrected chi connectivity index (χ2v) is 5.64. The summed E-state index contributed by atoms with van der Waals surface area (Å²) in [5, 5.41) is 9.30. The van der Waals surface area contributed by atoms with Crippen molar-refractivity contribution in [3.63, 3.8) is 0 Å². The molecule has 0 aliphatic carbocycles. The highest BCUT2D eigenvalue weighted by molar-refractivity contribution is 7.86. The van der Waals surface area contributed by atoms with Crippen LogP contribution >= 0.6 is 0 Å². The van der Waals surface area contributed by atoms with Gasteiger partial charge in [-0.05, 0) is 20.8 Å². The third-order valence-corrected chi connectivity index (χ3v) is 3.83. The SMILES string of the molecule is C=C(C)C(=O)NC(C)(C(=O)O)C(C)S(=O)(=O)O. The van der Waals surface area contributed by atoms with E-state index in [0.717, 1.165) is 13.8 Å².